The van der Waals surface area contributed by atoms with E-state index in [-0.39, 0.29) is 6.10 Å². The second kappa shape index (κ2) is 7.11. The van der Waals surface area contributed by atoms with E-state index in [1.807, 2.05) is 26.0 Å². The molecule has 0 radical (unpaired) electrons. The molecule has 0 bridgehead atoms. The van der Waals surface area contributed by atoms with Gasteiger partial charge in [0, 0.05) is 13.1 Å². The van der Waals surface area contributed by atoms with Gasteiger partial charge in [-0.1, -0.05) is 12.1 Å². The first kappa shape index (κ1) is 15.5. The van der Waals surface area contributed by atoms with E-state index in [9.17, 15) is 4.79 Å². The molecular formula is C14H22N2O3. The van der Waals surface area contributed by atoms with Crippen molar-refractivity contribution in [3.05, 3.63) is 29.3 Å². The third-order valence-corrected chi connectivity index (χ3v) is 2.68. The van der Waals surface area contributed by atoms with Gasteiger partial charge in [-0.2, -0.15) is 0 Å². The second-order valence-corrected chi connectivity index (χ2v) is 4.75. The van der Waals surface area contributed by atoms with Crippen LogP contribution < -0.4 is 15.8 Å². The van der Waals surface area contributed by atoms with Crippen molar-refractivity contribution < 1.29 is 14.6 Å². The molecule has 0 aromatic heterocycles. The number of hydrogen-bond donors (Lipinski definition) is 3. The van der Waals surface area contributed by atoms with E-state index in [2.05, 4.69) is 5.32 Å². The van der Waals surface area contributed by atoms with Crippen molar-refractivity contribution >= 4 is 5.91 Å². The molecule has 5 heteroatoms. The first-order valence-corrected chi connectivity index (χ1v) is 6.36. The summed E-state index contributed by atoms with van der Waals surface area (Å²) in [6.45, 7) is 6.51. The molecule has 0 aliphatic rings. The van der Waals surface area contributed by atoms with Crippen LogP contribution in [0, 0.1) is 6.92 Å². The number of nitrogens with two attached hydrogens (primary N) is 1. The van der Waals surface area contributed by atoms with Crippen molar-refractivity contribution in [2.24, 2.45) is 5.73 Å². The number of ether oxygens (including phenoxy) is 1. The van der Waals surface area contributed by atoms with Crippen LogP contribution in [0.5, 0.6) is 5.75 Å². The summed E-state index contributed by atoms with van der Waals surface area (Å²) in [5, 5.41) is 12.2. The highest BCUT2D eigenvalue weighted by Crippen LogP contribution is 2.22. The average Bonchev–Trinajstić information content (AvgIpc) is 2.27. The molecule has 1 amide bonds. The van der Waals surface area contributed by atoms with E-state index in [4.69, 9.17) is 15.6 Å². The van der Waals surface area contributed by atoms with Crippen LogP contribution in [0.25, 0.3) is 0 Å². The van der Waals surface area contributed by atoms with E-state index in [0.29, 0.717) is 24.4 Å². The van der Waals surface area contributed by atoms with E-state index in [1.54, 1.807) is 13.0 Å². The number of carbonyl (C=O) groups excluding carboxylic acids is 1. The van der Waals surface area contributed by atoms with Crippen LogP contribution in [-0.4, -0.2) is 36.3 Å². The van der Waals surface area contributed by atoms with Gasteiger partial charge in [-0.05, 0) is 32.4 Å². The molecule has 106 valence electrons. The highest BCUT2D eigenvalue weighted by atomic mass is 16.5. The molecule has 0 heterocycles. The van der Waals surface area contributed by atoms with E-state index in [1.165, 1.54) is 0 Å². The van der Waals surface area contributed by atoms with Crippen LogP contribution in [0.1, 0.15) is 29.8 Å². The lowest BCUT2D eigenvalue weighted by Gasteiger charge is -2.18. The number of aliphatic hydroxyl groups excluding tert-OH is 1. The molecule has 19 heavy (non-hydrogen) atoms. The quantitative estimate of drug-likeness (QED) is 0.682. The van der Waals surface area contributed by atoms with Gasteiger partial charge < -0.3 is 20.9 Å². The minimum Gasteiger partial charge on any atom is -0.489 e. The fourth-order valence-corrected chi connectivity index (χ4v) is 1.81. The molecule has 1 rings (SSSR count). The number of benzene rings is 1. The largest absolute Gasteiger partial charge is 0.489 e. The molecule has 0 saturated heterocycles. The SMILES string of the molecule is Cc1cccc(OC(C)CNCC(C)O)c1C(N)=O. The summed E-state index contributed by atoms with van der Waals surface area (Å²) >= 11 is 0. The van der Waals surface area contributed by atoms with E-state index in [0.717, 1.165) is 5.56 Å². The topological polar surface area (TPSA) is 84.6 Å². The Morgan fingerprint density at radius 2 is 2.11 bits per heavy atom. The fraction of sp³-hybridized carbons (Fsp3) is 0.500. The Kier molecular flexibility index (Phi) is 5.79. The van der Waals surface area contributed by atoms with Crippen molar-refractivity contribution in [1.29, 1.82) is 0 Å². The third kappa shape index (κ3) is 4.89. The third-order valence-electron chi connectivity index (χ3n) is 2.68. The van der Waals surface area contributed by atoms with Gasteiger partial charge in [0.1, 0.15) is 11.9 Å². The number of primary amides is 1. The summed E-state index contributed by atoms with van der Waals surface area (Å²) in [5.41, 5.74) is 6.58. The number of rotatable bonds is 7. The van der Waals surface area contributed by atoms with Crippen LogP contribution in [0.15, 0.2) is 18.2 Å². The molecular weight excluding hydrogens is 244 g/mol. The Hall–Kier alpha value is -1.59. The van der Waals surface area contributed by atoms with Gasteiger partial charge >= 0.3 is 0 Å². The predicted molar refractivity (Wildman–Crippen MR) is 74.3 cm³/mol. The lowest BCUT2D eigenvalue weighted by Crippen LogP contribution is -2.33. The first-order chi connectivity index (χ1) is 8.91. The molecule has 0 saturated carbocycles. The molecule has 0 spiro atoms. The highest BCUT2D eigenvalue weighted by molar-refractivity contribution is 5.97. The zero-order valence-electron chi connectivity index (χ0n) is 11.6. The van der Waals surface area contributed by atoms with Gasteiger partial charge in [0.15, 0.2) is 0 Å². The Morgan fingerprint density at radius 3 is 2.68 bits per heavy atom. The van der Waals surface area contributed by atoms with Crippen molar-refractivity contribution in [3.8, 4) is 5.75 Å². The summed E-state index contributed by atoms with van der Waals surface area (Å²) in [6, 6.07) is 5.38. The Labute approximate surface area is 113 Å². The van der Waals surface area contributed by atoms with Gasteiger partial charge in [-0.15, -0.1) is 0 Å². The molecule has 5 nitrogen and oxygen atoms in total. The molecule has 4 N–H and O–H groups in total. The zero-order chi connectivity index (χ0) is 14.4. The van der Waals surface area contributed by atoms with Crippen molar-refractivity contribution in [1.82, 2.24) is 5.32 Å². The van der Waals surface area contributed by atoms with Gasteiger partial charge in [-0.25, -0.2) is 0 Å². The normalized spacial score (nSPS) is 13.9. The standard InChI is InChI=1S/C14H22N2O3/c1-9-5-4-6-12(13(9)14(15)18)19-11(3)8-16-7-10(2)17/h4-6,10-11,16-17H,7-8H2,1-3H3,(H2,15,18). The van der Waals surface area contributed by atoms with Crippen molar-refractivity contribution in [3.63, 3.8) is 0 Å². The zero-order valence-corrected chi connectivity index (χ0v) is 11.6. The monoisotopic (exact) mass is 266 g/mol. The number of amides is 1. The van der Waals surface area contributed by atoms with Crippen LogP contribution >= 0.6 is 0 Å². The molecule has 0 aliphatic carbocycles. The summed E-state index contributed by atoms with van der Waals surface area (Å²) in [7, 11) is 0. The van der Waals surface area contributed by atoms with Gasteiger partial charge in [0.05, 0.1) is 11.7 Å². The minimum absolute atomic E-state index is 0.126. The van der Waals surface area contributed by atoms with Gasteiger partial charge in [-0.3, -0.25) is 4.79 Å². The Morgan fingerprint density at radius 1 is 1.42 bits per heavy atom. The van der Waals surface area contributed by atoms with Crippen LogP contribution in [0.2, 0.25) is 0 Å². The van der Waals surface area contributed by atoms with Crippen molar-refractivity contribution in [2.45, 2.75) is 33.0 Å². The number of carbonyl (C=O) groups is 1. The molecule has 2 unspecified atom stereocenters. The lowest BCUT2D eigenvalue weighted by molar-refractivity contribution is 0.0993. The first-order valence-electron chi connectivity index (χ1n) is 6.36. The fourth-order valence-electron chi connectivity index (χ4n) is 1.81. The van der Waals surface area contributed by atoms with Gasteiger partial charge in [0.2, 0.25) is 0 Å². The molecule has 1 aromatic rings. The van der Waals surface area contributed by atoms with Crippen molar-refractivity contribution in [2.75, 3.05) is 13.1 Å². The predicted octanol–water partition coefficient (Wildman–Crippen LogP) is 0.832. The van der Waals surface area contributed by atoms with Crippen LogP contribution in [0.4, 0.5) is 0 Å². The summed E-state index contributed by atoms with van der Waals surface area (Å²) in [6.07, 6.45) is -0.522. The number of nitrogens with one attached hydrogen (secondary N) is 1. The maximum atomic E-state index is 11.4. The number of hydrogen-bond acceptors (Lipinski definition) is 4. The summed E-state index contributed by atoms with van der Waals surface area (Å²) < 4.78 is 5.72. The van der Waals surface area contributed by atoms with E-state index >= 15 is 0 Å². The smallest absolute Gasteiger partial charge is 0.252 e. The highest BCUT2D eigenvalue weighted by Gasteiger charge is 2.14. The average molecular weight is 266 g/mol. The van der Waals surface area contributed by atoms with Gasteiger partial charge in [0.25, 0.3) is 5.91 Å². The van der Waals surface area contributed by atoms with Crippen LogP contribution in [0.3, 0.4) is 0 Å². The minimum atomic E-state index is -0.489. The van der Waals surface area contributed by atoms with E-state index < -0.39 is 12.0 Å². The Bertz CT molecular complexity index is 433. The number of aryl methyl sites for hydroxylation is 1. The molecule has 1 aromatic carbocycles. The number of aliphatic hydroxyl groups is 1. The second-order valence-electron chi connectivity index (χ2n) is 4.75. The maximum absolute atomic E-state index is 11.4. The lowest BCUT2D eigenvalue weighted by atomic mass is 10.1. The molecule has 2 atom stereocenters. The Balaban J connectivity index is 2.66. The molecule has 0 fully saturated rings. The summed E-state index contributed by atoms with van der Waals surface area (Å²) in [4.78, 5) is 11.4. The summed E-state index contributed by atoms with van der Waals surface area (Å²) in [5.74, 6) is 0.0103. The molecule has 0 aliphatic heterocycles. The van der Waals surface area contributed by atoms with Crippen LogP contribution in [-0.2, 0) is 0 Å². The maximum Gasteiger partial charge on any atom is 0.252 e.